The highest BCUT2D eigenvalue weighted by Gasteiger charge is 2.09. The molecule has 0 radical (unpaired) electrons. The molecule has 0 aliphatic heterocycles. The third kappa shape index (κ3) is 2.76. The Labute approximate surface area is 106 Å². The molecule has 2 rings (SSSR count). The maximum atomic E-state index is 11.9. The highest BCUT2D eigenvalue weighted by atomic mass is 16.5. The average Bonchev–Trinajstić information content (AvgIpc) is 2.41. The van der Waals surface area contributed by atoms with Crippen molar-refractivity contribution < 1.29 is 9.53 Å². The summed E-state index contributed by atoms with van der Waals surface area (Å²) in [5, 5.41) is 0. The molecule has 92 valence electrons. The van der Waals surface area contributed by atoms with Crippen molar-refractivity contribution in [1.82, 2.24) is 0 Å². The Bertz CT molecular complexity index is 547. The lowest BCUT2D eigenvalue weighted by Crippen LogP contribution is -2.09. The van der Waals surface area contributed by atoms with Crippen molar-refractivity contribution in [3.8, 4) is 5.75 Å². The number of aryl methyl sites for hydroxylation is 1. The van der Waals surface area contributed by atoms with Gasteiger partial charge in [0, 0.05) is 6.54 Å². The zero-order chi connectivity index (χ0) is 13.0. The van der Waals surface area contributed by atoms with Crippen LogP contribution >= 0.6 is 0 Å². The number of para-hydroxylation sites is 1. The fraction of sp³-hybridized carbons (Fsp3) is 0.133. The molecule has 2 N–H and O–H groups in total. The van der Waals surface area contributed by atoms with Crippen LogP contribution in [0.2, 0.25) is 0 Å². The summed E-state index contributed by atoms with van der Waals surface area (Å²) in [6, 6.07) is 14.5. The largest absolute Gasteiger partial charge is 0.423 e. The SMILES string of the molecule is Cc1ccccc1OC(=O)c1ccc(CN)cc1. The molecular weight excluding hydrogens is 226 g/mol. The van der Waals surface area contributed by atoms with Gasteiger partial charge < -0.3 is 10.5 Å². The van der Waals surface area contributed by atoms with Gasteiger partial charge in [-0.2, -0.15) is 0 Å². The molecule has 0 aliphatic carbocycles. The molecule has 0 fully saturated rings. The molecule has 2 aromatic rings. The van der Waals surface area contributed by atoms with E-state index in [4.69, 9.17) is 10.5 Å². The minimum atomic E-state index is -0.354. The molecule has 0 spiro atoms. The van der Waals surface area contributed by atoms with Gasteiger partial charge in [-0.25, -0.2) is 4.79 Å². The first-order valence-electron chi connectivity index (χ1n) is 5.77. The normalized spacial score (nSPS) is 10.1. The minimum Gasteiger partial charge on any atom is -0.423 e. The standard InChI is InChI=1S/C15H15NO2/c1-11-4-2-3-5-14(11)18-15(17)13-8-6-12(10-16)7-9-13/h2-9H,10,16H2,1H3. The fourth-order valence-electron chi connectivity index (χ4n) is 1.61. The van der Waals surface area contributed by atoms with E-state index in [9.17, 15) is 4.79 Å². The van der Waals surface area contributed by atoms with Crippen molar-refractivity contribution in [3.63, 3.8) is 0 Å². The van der Waals surface area contributed by atoms with Crippen LogP contribution in [0.5, 0.6) is 5.75 Å². The van der Waals surface area contributed by atoms with Crippen molar-refractivity contribution in [3.05, 3.63) is 65.2 Å². The van der Waals surface area contributed by atoms with Crippen LogP contribution in [0.1, 0.15) is 21.5 Å². The Morgan fingerprint density at radius 2 is 1.78 bits per heavy atom. The van der Waals surface area contributed by atoms with E-state index in [0.29, 0.717) is 17.9 Å². The molecule has 0 atom stereocenters. The van der Waals surface area contributed by atoms with Crippen LogP contribution in [-0.2, 0) is 6.54 Å². The Morgan fingerprint density at radius 3 is 2.39 bits per heavy atom. The molecule has 3 nitrogen and oxygen atoms in total. The van der Waals surface area contributed by atoms with Crippen molar-refractivity contribution in [2.24, 2.45) is 5.73 Å². The van der Waals surface area contributed by atoms with Crippen LogP contribution in [0.25, 0.3) is 0 Å². The molecule has 0 unspecified atom stereocenters. The van der Waals surface area contributed by atoms with E-state index >= 15 is 0 Å². The third-order valence-electron chi connectivity index (χ3n) is 2.72. The van der Waals surface area contributed by atoms with Gasteiger partial charge in [0.15, 0.2) is 0 Å². The van der Waals surface area contributed by atoms with Gasteiger partial charge in [0.2, 0.25) is 0 Å². The molecule has 0 amide bonds. The number of nitrogens with two attached hydrogens (primary N) is 1. The van der Waals surface area contributed by atoms with Crippen molar-refractivity contribution in [2.75, 3.05) is 0 Å². The predicted molar refractivity (Wildman–Crippen MR) is 70.5 cm³/mol. The number of esters is 1. The molecule has 18 heavy (non-hydrogen) atoms. The lowest BCUT2D eigenvalue weighted by molar-refractivity contribution is 0.0733. The molecule has 3 heteroatoms. The van der Waals surface area contributed by atoms with Gasteiger partial charge in [0.1, 0.15) is 5.75 Å². The molecule has 0 aromatic heterocycles. The second kappa shape index (κ2) is 5.47. The second-order valence-electron chi connectivity index (χ2n) is 4.06. The van der Waals surface area contributed by atoms with E-state index in [2.05, 4.69) is 0 Å². The number of benzene rings is 2. The third-order valence-corrected chi connectivity index (χ3v) is 2.72. The van der Waals surface area contributed by atoms with Gasteiger partial charge in [-0.05, 0) is 36.2 Å². The second-order valence-corrected chi connectivity index (χ2v) is 4.06. The van der Waals surface area contributed by atoms with Crippen molar-refractivity contribution in [1.29, 1.82) is 0 Å². The number of ether oxygens (including phenoxy) is 1. The predicted octanol–water partition coefficient (Wildman–Crippen LogP) is 2.67. The van der Waals surface area contributed by atoms with E-state index in [1.165, 1.54) is 0 Å². The number of carbonyl (C=O) groups excluding carboxylic acids is 1. The van der Waals surface area contributed by atoms with Gasteiger partial charge in [0.05, 0.1) is 5.56 Å². The maximum absolute atomic E-state index is 11.9. The minimum absolute atomic E-state index is 0.354. The summed E-state index contributed by atoms with van der Waals surface area (Å²) in [5.41, 5.74) is 7.95. The molecule has 0 saturated carbocycles. The Kier molecular flexibility index (Phi) is 3.75. The topological polar surface area (TPSA) is 52.3 Å². The quantitative estimate of drug-likeness (QED) is 0.664. The van der Waals surface area contributed by atoms with E-state index in [1.54, 1.807) is 18.2 Å². The smallest absolute Gasteiger partial charge is 0.343 e. The summed E-state index contributed by atoms with van der Waals surface area (Å²) in [4.78, 5) is 11.9. The Balaban J connectivity index is 2.14. The average molecular weight is 241 g/mol. The van der Waals surface area contributed by atoms with Crippen molar-refractivity contribution in [2.45, 2.75) is 13.5 Å². The monoisotopic (exact) mass is 241 g/mol. The van der Waals surface area contributed by atoms with E-state index < -0.39 is 0 Å². The highest BCUT2D eigenvalue weighted by molar-refractivity contribution is 5.91. The van der Waals surface area contributed by atoms with E-state index in [-0.39, 0.29) is 5.97 Å². The van der Waals surface area contributed by atoms with Gasteiger partial charge in [-0.15, -0.1) is 0 Å². The summed E-state index contributed by atoms with van der Waals surface area (Å²) in [6.45, 7) is 2.37. The number of hydrogen-bond donors (Lipinski definition) is 1. The zero-order valence-electron chi connectivity index (χ0n) is 10.2. The van der Waals surface area contributed by atoms with Crippen LogP contribution in [0.3, 0.4) is 0 Å². The summed E-state index contributed by atoms with van der Waals surface area (Å²) < 4.78 is 5.33. The van der Waals surface area contributed by atoms with Gasteiger partial charge in [-0.3, -0.25) is 0 Å². The molecule has 2 aromatic carbocycles. The Hall–Kier alpha value is -2.13. The summed E-state index contributed by atoms with van der Waals surface area (Å²) in [7, 11) is 0. The van der Waals surface area contributed by atoms with Gasteiger partial charge in [-0.1, -0.05) is 30.3 Å². The summed E-state index contributed by atoms with van der Waals surface area (Å²) in [5.74, 6) is 0.235. The van der Waals surface area contributed by atoms with Crippen LogP contribution in [-0.4, -0.2) is 5.97 Å². The van der Waals surface area contributed by atoms with Crippen LogP contribution < -0.4 is 10.5 Å². The van der Waals surface area contributed by atoms with Crippen molar-refractivity contribution >= 4 is 5.97 Å². The molecule has 0 aliphatic rings. The fourth-order valence-corrected chi connectivity index (χ4v) is 1.61. The molecule has 0 saturated heterocycles. The lowest BCUT2D eigenvalue weighted by Gasteiger charge is -2.07. The van der Waals surface area contributed by atoms with E-state index in [1.807, 2.05) is 37.3 Å². The van der Waals surface area contributed by atoms with Gasteiger partial charge in [0.25, 0.3) is 0 Å². The number of rotatable bonds is 3. The van der Waals surface area contributed by atoms with Crippen LogP contribution in [0.15, 0.2) is 48.5 Å². The highest BCUT2D eigenvalue weighted by Crippen LogP contribution is 2.18. The number of carbonyl (C=O) groups is 1. The molecular formula is C15H15NO2. The lowest BCUT2D eigenvalue weighted by atomic mass is 10.1. The van der Waals surface area contributed by atoms with Gasteiger partial charge >= 0.3 is 5.97 Å². The summed E-state index contributed by atoms with van der Waals surface area (Å²) >= 11 is 0. The Morgan fingerprint density at radius 1 is 1.11 bits per heavy atom. The first-order chi connectivity index (χ1) is 8.70. The summed E-state index contributed by atoms with van der Waals surface area (Å²) in [6.07, 6.45) is 0. The first-order valence-corrected chi connectivity index (χ1v) is 5.77. The first kappa shape index (κ1) is 12.3. The molecule has 0 bridgehead atoms. The zero-order valence-corrected chi connectivity index (χ0v) is 10.2. The van der Waals surface area contributed by atoms with Crippen LogP contribution in [0.4, 0.5) is 0 Å². The maximum Gasteiger partial charge on any atom is 0.343 e. The van der Waals surface area contributed by atoms with Crippen LogP contribution in [0, 0.1) is 6.92 Å². The number of hydrogen-bond acceptors (Lipinski definition) is 3. The molecule has 0 heterocycles. The van der Waals surface area contributed by atoms with E-state index in [0.717, 1.165) is 11.1 Å².